The molecule has 5 rings (SSSR count). The molecule has 0 radical (unpaired) electrons. The summed E-state index contributed by atoms with van der Waals surface area (Å²) in [6, 6.07) is 11.4. The molecule has 0 N–H and O–H groups in total. The van der Waals surface area contributed by atoms with Gasteiger partial charge in [0.2, 0.25) is 11.9 Å². The van der Waals surface area contributed by atoms with Crippen molar-refractivity contribution >= 4 is 34.3 Å². The van der Waals surface area contributed by atoms with Crippen molar-refractivity contribution in [1.82, 2.24) is 19.4 Å². The highest BCUT2D eigenvalue weighted by Gasteiger charge is 2.25. The summed E-state index contributed by atoms with van der Waals surface area (Å²) in [5.74, 6) is -0.00620. The van der Waals surface area contributed by atoms with Crippen LogP contribution in [0.25, 0.3) is 11.0 Å². The lowest BCUT2D eigenvalue weighted by molar-refractivity contribution is -0.115. The minimum Gasteiger partial charge on any atom is -0.369 e. The van der Waals surface area contributed by atoms with Crippen LogP contribution in [0.15, 0.2) is 41.3 Å². The zero-order valence-electron chi connectivity index (χ0n) is 20.1. The zero-order chi connectivity index (χ0) is 24.5. The number of rotatable bonds is 4. The summed E-state index contributed by atoms with van der Waals surface area (Å²) < 4.78 is 1.64. The van der Waals surface area contributed by atoms with Gasteiger partial charge in [-0.3, -0.25) is 14.2 Å². The number of carbonyl (C=O) groups is 1. The number of nitrogens with zero attached hydrogens (tertiary/aromatic N) is 7. The summed E-state index contributed by atoms with van der Waals surface area (Å²) in [6.07, 6.45) is 5.40. The lowest BCUT2D eigenvalue weighted by Gasteiger charge is -2.34. The molecule has 3 aromatic rings. The van der Waals surface area contributed by atoms with Gasteiger partial charge in [-0.1, -0.05) is 12.8 Å². The van der Waals surface area contributed by atoms with E-state index in [0.717, 1.165) is 57.5 Å². The molecule has 2 aliphatic rings. The molecule has 0 unspecified atom stereocenters. The first-order valence-electron chi connectivity index (χ1n) is 12.1. The number of amides is 1. The van der Waals surface area contributed by atoms with Crippen molar-refractivity contribution < 1.29 is 4.79 Å². The summed E-state index contributed by atoms with van der Waals surface area (Å²) in [5.41, 5.74) is 2.00. The average molecular weight is 472 g/mol. The van der Waals surface area contributed by atoms with Crippen molar-refractivity contribution in [2.24, 2.45) is 0 Å². The van der Waals surface area contributed by atoms with E-state index < -0.39 is 0 Å². The molecule has 0 bridgehead atoms. The number of hydrogen-bond donors (Lipinski definition) is 0. The highest BCUT2D eigenvalue weighted by Crippen LogP contribution is 2.32. The first kappa shape index (κ1) is 23.0. The minimum absolute atomic E-state index is 0.00491. The Hall–Kier alpha value is -3.77. The normalized spacial score (nSPS) is 17.0. The monoisotopic (exact) mass is 471 g/mol. The maximum Gasteiger partial charge on any atom is 0.270 e. The van der Waals surface area contributed by atoms with Gasteiger partial charge in [-0.2, -0.15) is 10.2 Å². The van der Waals surface area contributed by atoms with Crippen molar-refractivity contribution in [3.63, 3.8) is 0 Å². The molecule has 1 aliphatic heterocycles. The van der Waals surface area contributed by atoms with Crippen molar-refractivity contribution in [2.45, 2.75) is 38.6 Å². The number of aromatic nitrogens is 3. The number of anilines is 3. The molecule has 0 atom stereocenters. The molecule has 1 amide bonds. The second-order valence-corrected chi connectivity index (χ2v) is 9.39. The number of pyridine rings is 1. The number of likely N-dealkylation sites (N-methyl/N-ethyl adjacent to an activating group) is 1. The van der Waals surface area contributed by atoms with Crippen molar-refractivity contribution in [2.75, 3.05) is 43.0 Å². The molecule has 0 spiro atoms. The molecule has 1 saturated carbocycles. The Morgan fingerprint density at radius 1 is 1.11 bits per heavy atom. The van der Waals surface area contributed by atoms with Gasteiger partial charge in [0.1, 0.15) is 17.3 Å². The van der Waals surface area contributed by atoms with Crippen molar-refractivity contribution in [1.29, 1.82) is 5.26 Å². The largest absolute Gasteiger partial charge is 0.369 e. The number of benzene rings is 1. The Balaban J connectivity index is 1.54. The van der Waals surface area contributed by atoms with Crippen LogP contribution < -0.4 is 15.4 Å². The van der Waals surface area contributed by atoms with Gasteiger partial charge in [0.25, 0.3) is 5.56 Å². The second-order valence-electron chi connectivity index (χ2n) is 9.39. The molecular formula is C26H29N7O2. The lowest BCUT2D eigenvalue weighted by Crippen LogP contribution is -2.44. The van der Waals surface area contributed by atoms with Crippen LogP contribution in [0.5, 0.6) is 0 Å². The number of carbonyl (C=O) groups excluding carboxylic acids is 1. The Bertz CT molecular complexity index is 1350. The van der Waals surface area contributed by atoms with Crippen LogP contribution in [0, 0.1) is 11.3 Å². The van der Waals surface area contributed by atoms with Gasteiger partial charge in [0, 0.05) is 56.4 Å². The van der Waals surface area contributed by atoms with E-state index in [1.165, 1.54) is 17.9 Å². The van der Waals surface area contributed by atoms with E-state index in [-0.39, 0.29) is 29.0 Å². The summed E-state index contributed by atoms with van der Waals surface area (Å²) >= 11 is 0. The van der Waals surface area contributed by atoms with Crippen LogP contribution in [-0.2, 0) is 4.79 Å². The van der Waals surface area contributed by atoms with Crippen LogP contribution in [-0.4, -0.2) is 58.6 Å². The van der Waals surface area contributed by atoms with Gasteiger partial charge in [-0.15, -0.1) is 0 Å². The van der Waals surface area contributed by atoms with E-state index in [9.17, 15) is 14.9 Å². The van der Waals surface area contributed by atoms with Gasteiger partial charge in [0.05, 0.1) is 5.69 Å². The van der Waals surface area contributed by atoms with Crippen molar-refractivity contribution in [3.05, 3.63) is 52.4 Å². The predicted octanol–water partition coefficient (Wildman–Crippen LogP) is 3.21. The Morgan fingerprint density at radius 3 is 2.43 bits per heavy atom. The molecule has 1 saturated heterocycles. The second kappa shape index (κ2) is 9.47. The van der Waals surface area contributed by atoms with Crippen LogP contribution in [0.2, 0.25) is 0 Å². The quantitative estimate of drug-likeness (QED) is 0.576. The molecule has 1 aliphatic carbocycles. The number of nitriles is 1. The van der Waals surface area contributed by atoms with E-state index in [1.807, 2.05) is 30.3 Å². The fourth-order valence-corrected chi connectivity index (χ4v) is 5.12. The summed E-state index contributed by atoms with van der Waals surface area (Å²) in [6.45, 7) is 5.43. The average Bonchev–Trinajstić information content (AvgIpc) is 3.39. The Morgan fingerprint density at radius 2 is 1.80 bits per heavy atom. The molecule has 180 valence electrons. The maximum atomic E-state index is 13.1. The van der Waals surface area contributed by atoms with Crippen LogP contribution in [0.3, 0.4) is 0 Å². The smallest absolute Gasteiger partial charge is 0.270 e. The highest BCUT2D eigenvalue weighted by atomic mass is 16.2. The van der Waals surface area contributed by atoms with Gasteiger partial charge in [0.15, 0.2) is 0 Å². The van der Waals surface area contributed by atoms with E-state index in [1.54, 1.807) is 10.8 Å². The third-order valence-corrected chi connectivity index (χ3v) is 7.06. The first-order chi connectivity index (χ1) is 17.0. The topological polar surface area (TPSA) is 98.4 Å². The zero-order valence-corrected chi connectivity index (χ0v) is 20.1. The summed E-state index contributed by atoms with van der Waals surface area (Å²) in [7, 11) is 2.13. The third kappa shape index (κ3) is 4.37. The molecule has 35 heavy (non-hydrogen) atoms. The molecule has 3 heterocycles. The molecule has 1 aromatic carbocycles. The Kier molecular flexibility index (Phi) is 6.22. The predicted molar refractivity (Wildman–Crippen MR) is 135 cm³/mol. The molecular weight excluding hydrogens is 442 g/mol. The van der Waals surface area contributed by atoms with Crippen LogP contribution in [0.4, 0.5) is 17.3 Å². The van der Waals surface area contributed by atoms with Gasteiger partial charge >= 0.3 is 0 Å². The SMILES string of the molecule is CC(=O)N(c1ccc(N2CCN(C)CC2)cc1)c1ncc2cc(C#N)c(=O)n(C3CCCC3)c2n1. The van der Waals surface area contributed by atoms with E-state index in [4.69, 9.17) is 4.98 Å². The van der Waals surface area contributed by atoms with E-state index in [2.05, 4.69) is 21.8 Å². The first-order valence-corrected chi connectivity index (χ1v) is 12.1. The third-order valence-electron chi connectivity index (χ3n) is 7.06. The number of hydrogen-bond acceptors (Lipinski definition) is 7. The van der Waals surface area contributed by atoms with Gasteiger partial charge < -0.3 is 9.80 Å². The summed E-state index contributed by atoms with van der Waals surface area (Å²) in [5, 5.41) is 10.1. The fraction of sp³-hybridized carbons (Fsp3) is 0.423. The molecule has 9 heteroatoms. The Labute approximate surface area is 204 Å². The molecule has 2 aromatic heterocycles. The summed E-state index contributed by atoms with van der Waals surface area (Å²) in [4.78, 5) is 41.1. The van der Waals surface area contributed by atoms with E-state index >= 15 is 0 Å². The van der Waals surface area contributed by atoms with Crippen molar-refractivity contribution in [3.8, 4) is 6.07 Å². The molecule has 2 fully saturated rings. The van der Waals surface area contributed by atoms with Gasteiger partial charge in [-0.25, -0.2) is 9.88 Å². The number of piperazine rings is 1. The van der Waals surface area contributed by atoms with Crippen LogP contribution >= 0.6 is 0 Å². The van der Waals surface area contributed by atoms with Gasteiger partial charge in [-0.05, 0) is 50.2 Å². The lowest BCUT2D eigenvalue weighted by atomic mass is 10.2. The standard InChI is InChI=1S/C26H29N7O2/c1-18(34)32(23-9-7-21(8-10-23)31-13-11-30(2)12-14-31)26-28-17-20-15-19(16-27)25(35)33(24(20)29-26)22-5-3-4-6-22/h7-10,15,17,22H,3-6,11-14H2,1-2H3. The fourth-order valence-electron chi connectivity index (χ4n) is 5.12. The van der Waals surface area contributed by atoms with E-state index in [0.29, 0.717) is 16.7 Å². The molecule has 9 nitrogen and oxygen atoms in total. The highest BCUT2D eigenvalue weighted by molar-refractivity contribution is 5.98. The minimum atomic E-state index is -0.331. The van der Waals surface area contributed by atoms with Crippen LogP contribution in [0.1, 0.15) is 44.2 Å². The number of fused-ring (bicyclic) bond motifs is 1. The maximum absolute atomic E-state index is 13.1.